The summed E-state index contributed by atoms with van der Waals surface area (Å²) in [7, 11) is -8.74. The Morgan fingerprint density at radius 3 is 1.22 bits per heavy atom. The second kappa shape index (κ2) is 21.6. The summed E-state index contributed by atoms with van der Waals surface area (Å²) in [5, 5.41) is 16.4. The molecule has 0 bridgehead atoms. The molecule has 9 N–H and O–H groups in total. The van der Waals surface area contributed by atoms with E-state index in [1.807, 2.05) is 0 Å². The molecule has 0 aliphatic carbocycles. The molecule has 0 heterocycles. The maximum atomic E-state index is 13.3. The molecule has 17 nitrogen and oxygen atoms in total. The van der Waals surface area contributed by atoms with Gasteiger partial charge < -0.3 is 56.0 Å². The van der Waals surface area contributed by atoms with Crippen LogP contribution < -0.4 is 66.4 Å². The zero-order valence-electron chi connectivity index (χ0n) is 35.1. The first-order valence-electron chi connectivity index (χ1n) is 19.3. The molecule has 0 fully saturated rings. The molecule has 0 spiro atoms. The Hall–Kier alpha value is -6.23. The molecule has 0 saturated carbocycles. The normalized spacial score (nSPS) is 11.8. The molecule has 1 atom stereocenters. The third kappa shape index (κ3) is 14.9. The molecular formula is C45H41N6NaO11P2. The van der Waals surface area contributed by atoms with Gasteiger partial charge in [-0.3, -0.25) is 23.7 Å². The van der Waals surface area contributed by atoms with Crippen LogP contribution >= 0.6 is 15.2 Å². The summed E-state index contributed by atoms with van der Waals surface area (Å²) in [5.74, 6) is -2.00. The first-order valence-corrected chi connectivity index (χ1v) is 22.8. The third-order valence-electron chi connectivity index (χ3n) is 9.46. The van der Waals surface area contributed by atoms with Crippen LogP contribution in [0.25, 0.3) is 0 Å². The van der Waals surface area contributed by atoms with E-state index >= 15 is 0 Å². The molecule has 0 aliphatic rings. The van der Waals surface area contributed by atoms with Gasteiger partial charge in [-0.15, -0.1) is 0 Å². The number of urea groups is 1. The van der Waals surface area contributed by atoms with Crippen molar-refractivity contribution in [2.24, 2.45) is 0 Å². The van der Waals surface area contributed by atoms with Crippen molar-refractivity contribution < 1.29 is 82.2 Å². The minimum atomic E-state index is -4.49. The van der Waals surface area contributed by atoms with Crippen molar-refractivity contribution in [3.05, 3.63) is 178 Å². The van der Waals surface area contributed by atoms with Gasteiger partial charge >= 0.3 is 43.2 Å². The fraction of sp³-hybridized carbons (Fsp3) is 0.0889. The third-order valence-corrected chi connectivity index (χ3v) is 11.0. The number of nitrogens with one attached hydrogen (secondary N) is 6. The van der Waals surface area contributed by atoms with Crippen molar-refractivity contribution >= 4 is 79.0 Å². The van der Waals surface area contributed by atoms with E-state index in [4.69, 9.17) is 4.89 Å². The second-order valence-corrected chi connectivity index (χ2v) is 17.9. The number of aryl methyl sites for hydroxylation is 2. The van der Waals surface area contributed by atoms with E-state index in [0.717, 1.165) is 0 Å². The Bertz CT molecular complexity index is 2680. The minimum absolute atomic E-state index is 0. The quantitative estimate of drug-likeness (QED) is 0.0534. The van der Waals surface area contributed by atoms with Crippen LogP contribution in [0.2, 0.25) is 0 Å². The molecule has 6 aromatic rings. The van der Waals surface area contributed by atoms with Crippen LogP contribution in [0.15, 0.2) is 133 Å². The van der Waals surface area contributed by atoms with Crippen molar-refractivity contribution in [1.82, 2.24) is 0 Å². The van der Waals surface area contributed by atoms with Gasteiger partial charge in [-0.1, -0.05) is 48.5 Å². The number of anilines is 6. The number of carbonyl (C=O) groups is 5. The van der Waals surface area contributed by atoms with Crippen molar-refractivity contribution in [1.29, 1.82) is 0 Å². The fourth-order valence-electron chi connectivity index (χ4n) is 6.22. The summed E-state index contributed by atoms with van der Waals surface area (Å²) in [6, 6.07) is 33.2. The molecule has 6 rings (SSSR count). The van der Waals surface area contributed by atoms with Crippen LogP contribution in [0, 0.1) is 13.8 Å². The fourth-order valence-corrected chi connectivity index (χ4v) is 7.58. The summed E-state index contributed by atoms with van der Waals surface area (Å²) in [6.45, 7) is 3.50. The molecule has 0 aliphatic heterocycles. The van der Waals surface area contributed by atoms with E-state index in [9.17, 15) is 47.8 Å². The van der Waals surface area contributed by atoms with Gasteiger partial charge in [0.15, 0.2) is 0 Å². The van der Waals surface area contributed by atoms with Gasteiger partial charge in [0.25, 0.3) is 23.6 Å². The maximum absolute atomic E-state index is 13.3. The Labute approximate surface area is 395 Å². The summed E-state index contributed by atoms with van der Waals surface area (Å²) in [5.41, 5.74) is 5.04. The predicted octanol–water partition coefficient (Wildman–Crippen LogP) is 4.68. The second-order valence-electron chi connectivity index (χ2n) is 14.6. The summed E-state index contributed by atoms with van der Waals surface area (Å²) < 4.78 is 22.5. The van der Waals surface area contributed by atoms with E-state index < -0.39 is 57.2 Å². The van der Waals surface area contributed by atoms with Crippen molar-refractivity contribution in [3.63, 3.8) is 0 Å². The Kier molecular flexibility index (Phi) is 16.6. The average molecular weight is 927 g/mol. The summed E-state index contributed by atoms with van der Waals surface area (Å²) >= 11 is 0. The molecule has 0 saturated heterocycles. The monoisotopic (exact) mass is 926 g/mol. The minimum Gasteiger partial charge on any atom is -0.778 e. The van der Waals surface area contributed by atoms with Crippen LogP contribution in [-0.4, -0.2) is 44.3 Å². The molecule has 6 aromatic carbocycles. The molecule has 65 heavy (non-hydrogen) atoms. The molecule has 0 aromatic heterocycles. The topological polar surface area (TPSA) is 275 Å². The van der Waals surface area contributed by atoms with Crippen LogP contribution in [0.5, 0.6) is 0 Å². The van der Waals surface area contributed by atoms with E-state index in [2.05, 4.69) is 31.9 Å². The SMILES string of the molecule is Cc1ccc(C(=O)Nc2ccc(CP(=O)([O-])O)cc2)cc1NC(=O)c1cccc(NC(=O)Nc2cccc(C(=O)Nc3cc(C(=O)Nc4ccc(CP(=O)(O)O)cc4)ccc3C)c2)c1.[Na+]. The first-order chi connectivity index (χ1) is 30.3. The average Bonchev–Trinajstić information content (AvgIpc) is 3.23. The van der Waals surface area contributed by atoms with Gasteiger partial charge in [-0.2, -0.15) is 0 Å². The summed E-state index contributed by atoms with van der Waals surface area (Å²) in [6.07, 6.45) is -0.961. The molecule has 328 valence electrons. The molecule has 0 radical (unpaired) electrons. The number of amides is 6. The van der Waals surface area contributed by atoms with Crippen LogP contribution in [0.1, 0.15) is 63.7 Å². The van der Waals surface area contributed by atoms with E-state index in [0.29, 0.717) is 45.0 Å². The van der Waals surface area contributed by atoms with Crippen LogP contribution in [-0.2, 0) is 21.5 Å². The van der Waals surface area contributed by atoms with Crippen LogP contribution in [0.4, 0.5) is 38.9 Å². The summed E-state index contributed by atoms with van der Waals surface area (Å²) in [4.78, 5) is 104. The number of hydrogen-bond acceptors (Lipinski definition) is 8. The van der Waals surface area contributed by atoms with Gasteiger partial charge in [-0.05, 0) is 121 Å². The zero-order valence-corrected chi connectivity index (χ0v) is 38.9. The molecule has 6 amide bonds. The van der Waals surface area contributed by atoms with Gasteiger partial charge in [0.1, 0.15) is 7.60 Å². The van der Waals surface area contributed by atoms with E-state index in [-0.39, 0.29) is 63.2 Å². The number of hydrogen-bond donors (Lipinski definition) is 9. The standard InChI is InChI=1S/C45H42N6O11P2.Na/c1-27-9-15-33(41(52)46-35-17-11-29(12-18-35)25-63(57,58)59)23-39(27)50-43(54)31-5-3-7-37(21-31)48-45(56)49-38-8-4-6-32(22-38)44(55)51-40-24-34(16-10-28(40)2)42(53)47-36-19-13-30(14-20-36)26-64(60,61)62;/h3-24H,25-26H2,1-2H3,(H,46,52)(H,47,53)(H,50,54)(H,51,55)(H2,48,49,56)(H2,57,58,59)(H2,60,61,62);/q;+1/p-1. The van der Waals surface area contributed by atoms with Gasteiger partial charge in [0.2, 0.25) is 0 Å². The first kappa shape index (κ1) is 49.8. The number of carbonyl (C=O) groups excluding carboxylic acids is 5. The van der Waals surface area contributed by atoms with E-state index in [1.54, 1.807) is 74.5 Å². The molecule has 1 unspecified atom stereocenters. The number of benzene rings is 6. The van der Waals surface area contributed by atoms with Gasteiger partial charge in [0, 0.05) is 62.5 Å². The van der Waals surface area contributed by atoms with Gasteiger partial charge in [0.05, 0.1) is 6.16 Å². The Balaban J connectivity index is 0.00000793. The van der Waals surface area contributed by atoms with E-state index in [1.165, 1.54) is 72.8 Å². The molecular weight excluding hydrogens is 885 g/mol. The maximum Gasteiger partial charge on any atom is 1.00 e. The Morgan fingerprint density at radius 1 is 0.462 bits per heavy atom. The van der Waals surface area contributed by atoms with Crippen molar-refractivity contribution in [3.8, 4) is 0 Å². The largest absolute Gasteiger partial charge is 1.00 e. The van der Waals surface area contributed by atoms with Gasteiger partial charge in [-0.25, -0.2) is 4.79 Å². The van der Waals surface area contributed by atoms with Crippen molar-refractivity contribution in [2.75, 3.05) is 31.9 Å². The molecule has 20 heteroatoms. The van der Waals surface area contributed by atoms with Crippen molar-refractivity contribution in [2.45, 2.75) is 26.2 Å². The zero-order chi connectivity index (χ0) is 46.2. The smallest absolute Gasteiger partial charge is 0.778 e. The Morgan fingerprint density at radius 2 is 0.831 bits per heavy atom. The number of rotatable bonds is 14. The predicted molar refractivity (Wildman–Crippen MR) is 242 cm³/mol. The van der Waals surface area contributed by atoms with Crippen LogP contribution in [0.3, 0.4) is 0 Å².